The van der Waals surface area contributed by atoms with Gasteiger partial charge in [0.15, 0.2) is 17.3 Å². The Hall–Kier alpha value is -4.27. The molecule has 0 bridgehead atoms. The van der Waals surface area contributed by atoms with Crippen molar-refractivity contribution in [2.24, 2.45) is 0 Å². The Balaban J connectivity index is 1.94. The number of methoxy groups -OCH3 is 2. The molecule has 2 heterocycles. The van der Waals surface area contributed by atoms with Crippen molar-refractivity contribution >= 4 is 23.3 Å². The Bertz CT molecular complexity index is 1280. The minimum Gasteiger partial charge on any atom is -0.507 e. The van der Waals surface area contributed by atoms with Gasteiger partial charge < -0.3 is 23.8 Å². The number of aliphatic hydroxyl groups excluding tert-OH is 1. The fraction of sp³-hybridized carbons (Fsp3) is 0.240. The number of carbonyl (C=O) groups excluding carboxylic acids is 2. The summed E-state index contributed by atoms with van der Waals surface area (Å²) in [6.07, 6.45) is 0. The Labute approximate surface area is 196 Å². The molecule has 0 spiro atoms. The number of anilines is 1. The van der Waals surface area contributed by atoms with Gasteiger partial charge in [0, 0.05) is 11.6 Å². The maximum atomic E-state index is 13.2. The minimum absolute atomic E-state index is 0.0925. The van der Waals surface area contributed by atoms with Crippen LogP contribution in [0.25, 0.3) is 5.76 Å². The lowest BCUT2D eigenvalue weighted by molar-refractivity contribution is -0.132. The van der Waals surface area contributed by atoms with Crippen LogP contribution in [0.3, 0.4) is 0 Å². The summed E-state index contributed by atoms with van der Waals surface area (Å²) in [6.45, 7) is 3.96. The van der Waals surface area contributed by atoms with E-state index in [-0.39, 0.29) is 17.2 Å². The zero-order chi connectivity index (χ0) is 24.4. The van der Waals surface area contributed by atoms with E-state index in [2.05, 4.69) is 5.16 Å². The largest absolute Gasteiger partial charge is 0.507 e. The van der Waals surface area contributed by atoms with Crippen molar-refractivity contribution < 1.29 is 33.4 Å². The van der Waals surface area contributed by atoms with Crippen molar-refractivity contribution in [3.8, 4) is 17.2 Å². The van der Waals surface area contributed by atoms with Crippen LogP contribution in [-0.4, -0.2) is 42.8 Å². The molecule has 0 saturated carbocycles. The van der Waals surface area contributed by atoms with E-state index in [1.807, 2.05) is 6.92 Å². The summed E-state index contributed by atoms with van der Waals surface area (Å²) in [7, 11) is 2.99. The van der Waals surface area contributed by atoms with E-state index in [0.29, 0.717) is 40.7 Å². The molecular formula is C25H24N2O7. The van der Waals surface area contributed by atoms with Gasteiger partial charge in [0.1, 0.15) is 17.3 Å². The van der Waals surface area contributed by atoms with Gasteiger partial charge in [-0.3, -0.25) is 14.5 Å². The highest BCUT2D eigenvalue weighted by Crippen LogP contribution is 2.44. The van der Waals surface area contributed by atoms with Crippen molar-refractivity contribution in [1.82, 2.24) is 5.16 Å². The number of rotatable bonds is 7. The minimum atomic E-state index is -0.986. The van der Waals surface area contributed by atoms with Crippen LogP contribution in [0, 0.1) is 6.92 Å². The van der Waals surface area contributed by atoms with Crippen LogP contribution >= 0.6 is 0 Å². The van der Waals surface area contributed by atoms with E-state index in [4.69, 9.17) is 18.7 Å². The van der Waals surface area contributed by atoms with Crippen LogP contribution in [0.2, 0.25) is 0 Å². The van der Waals surface area contributed by atoms with Crippen LogP contribution in [0.1, 0.15) is 29.9 Å². The van der Waals surface area contributed by atoms with Crippen LogP contribution < -0.4 is 19.1 Å². The standard InChI is InChI=1S/C25H24N2O7/c1-5-33-18-10-9-15(13-19(18)32-4)22-21(23(28)16-7-6-8-17(12-16)31-3)24(29)25(30)27(22)20-11-14(2)34-26-20/h6-13,22,28H,5H2,1-4H3. The number of ketones is 1. The molecular weight excluding hydrogens is 440 g/mol. The number of aliphatic hydroxyl groups is 1. The first-order chi connectivity index (χ1) is 16.4. The van der Waals surface area contributed by atoms with E-state index >= 15 is 0 Å². The van der Waals surface area contributed by atoms with Crippen LogP contribution in [0.4, 0.5) is 5.82 Å². The smallest absolute Gasteiger partial charge is 0.301 e. The molecule has 1 atom stereocenters. The maximum absolute atomic E-state index is 13.2. The second kappa shape index (κ2) is 9.30. The molecule has 176 valence electrons. The highest BCUT2D eigenvalue weighted by molar-refractivity contribution is 6.51. The highest BCUT2D eigenvalue weighted by Gasteiger charge is 2.48. The summed E-state index contributed by atoms with van der Waals surface area (Å²) in [5.41, 5.74) is 0.756. The number of hydrogen-bond acceptors (Lipinski definition) is 8. The molecule has 1 amide bonds. The quantitative estimate of drug-likeness (QED) is 0.317. The van der Waals surface area contributed by atoms with Gasteiger partial charge in [-0.15, -0.1) is 0 Å². The fourth-order valence-electron chi connectivity index (χ4n) is 3.91. The monoisotopic (exact) mass is 464 g/mol. The lowest BCUT2D eigenvalue weighted by Crippen LogP contribution is -2.29. The molecule has 4 rings (SSSR count). The van der Waals surface area contributed by atoms with Crippen molar-refractivity contribution in [1.29, 1.82) is 0 Å². The normalized spacial score (nSPS) is 17.2. The topological polar surface area (TPSA) is 111 Å². The SMILES string of the molecule is CCOc1ccc(C2C(=C(O)c3cccc(OC)c3)C(=O)C(=O)N2c2cc(C)on2)cc1OC. The summed E-state index contributed by atoms with van der Waals surface area (Å²) < 4.78 is 21.5. The molecule has 1 saturated heterocycles. The average molecular weight is 464 g/mol. The van der Waals surface area contributed by atoms with E-state index in [1.54, 1.807) is 55.5 Å². The number of nitrogens with zero attached hydrogens (tertiary/aromatic N) is 2. The van der Waals surface area contributed by atoms with Crippen molar-refractivity contribution in [2.75, 3.05) is 25.7 Å². The summed E-state index contributed by atoms with van der Waals surface area (Å²) >= 11 is 0. The lowest BCUT2D eigenvalue weighted by atomic mass is 9.95. The molecule has 1 N–H and O–H groups in total. The number of amides is 1. The van der Waals surface area contributed by atoms with E-state index in [1.165, 1.54) is 19.1 Å². The molecule has 3 aromatic rings. The van der Waals surface area contributed by atoms with Gasteiger partial charge in [0.05, 0.1) is 32.4 Å². The Morgan fingerprint density at radius 1 is 1.09 bits per heavy atom. The maximum Gasteiger partial charge on any atom is 0.301 e. The summed E-state index contributed by atoms with van der Waals surface area (Å²) in [5, 5.41) is 15.2. The molecule has 1 fully saturated rings. The van der Waals surface area contributed by atoms with Crippen LogP contribution in [0.5, 0.6) is 17.2 Å². The molecule has 0 aliphatic carbocycles. The van der Waals surface area contributed by atoms with Crippen LogP contribution in [0.15, 0.2) is 58.6 Å². The Kier molecular flexibility index (Phi) is 6.27. The van der Waals surface area contributed by atoms with E-state index in [9.17, 15) is 14.7 Å². The predicted octanol–water partition coefficient (Wildman–Crippen LogP) is 4.03. The number of ether oxygens (including phenoxy) is 3. The van der Waals surface area contributed by atoms with Gasteiger partial charge in [-0.05, 0) is 43.7 Å². The molecule has 0 radical (unpaired) electrons. The summed E-state index contributed by atoms with van der Waals surface area (Å²) in [6, 6.07) is 12.2. The lowest BCUT2D eigenvalue weighted by Gasteiger charge is -2.23. The third kappa shape index (κ3) is 3.96. The third-order valence-electron chi connectivity index (χ3n) is 5.45. The molecule has 2 aromatic carbocycles. The zero-order valence-corrected chi connectivity index (χ0v) is 19.2. The number of aryl methyl sites for hydroxylation is 1. The van der Waals surface area contributed by atoms with Crippen molar-refractivity contribution in [3.63, 3.8) is 0 Å². The molecule has 1 unspecified atom stereocenters. The molecule has 1 aliphatic rings. The predicted molar refractivity (Wildman–Crippen MR) is 123 cm³/mol. The van der Waals surface area contributed by atoms with Gasteiger partial charge in [0.2, 0.25) is 0 Å². The van der Waals surface area contributed by atoms with E-state index in [0.717, 1.165) is 0 Å². The Morgan fingerprint density at radius 3 is 2.53 bits per heavy atom. The number of benzene rings is 2. The second-order valence-electron chi connectivity index (χ2n) is 7.54. The molecule has 9 heteroatoms. The third-order valence-corrected chi connectivity index (χ3v) is 5.45. The average Bonchev–Trinajstić information content (AvgIpc) is 3.39. The highest BCUT2D eigenvalue weighted by atomic mass is 16.5. The number of carbonyl (C=O) groups is 2. The van der Waals surface area contributed by atoms with Gasteiger partial charge in [-0.1, -0.05) is 23.4 Å². The van der Waals surface area contributed by atoms with Crippen molar-refractivity contribution in [2.45, 2.75) is 19.9 Å². The van der Waals surface area contributed by atoms with Gasteiger partial charge in [-0.2, -0.15) is 0 Å². The summed E-state index contributed by atoms with van der Waals surface area (Å²) in [4.78, 5) is 27.6. The van der Waals surface area contributed by atoms with Gasteiger partial charge >= 0.3 is 5.91 Å². The first-order valence-electron chi connectivity index (χ1n) is 10.6. The molecule has 1 aliphatic heterocycles. The fourth-order valence-corrected chi connectivity index (χ4v) is 3.91. The number of Topliss-reactive ketones (excluding diaryl/α,β-unsaturated/α-hetero) is 1. The van der Waals surface area contributed by atoms with E-state index < -0.39 is 17.7 Å². The Morgan fingerprint density at radius 2 is 1.88 bits per heavy atom. The zero-order valence-electron chi connectivity index (χ0n) is 19.2. The van der Waals surface area contributed by atoms with Crippen molar-refractivity contribution in [3.05, 3.63) is 71.0 Å². The summed E-state index contributed by atoms with van der Waals surface area (Å²) in [5.74, 6) is 0.0187. The van der Waals surface area contributed by atoms with Gasteiger partial charge in [-0.25, -0.2) is 0 Å². The van der Waals surface area contributed by atoms with Gasteiger partial charge in [0.25, 0.3) is 5.78 Å². The molecule has 1 aromatic heterocycles. The number of hydrogen-bond donors (Lipinski definition) is 1. The number of aromatic nitrogens is 1. The first-order valence-corrected chi connectivity index (χ1v) is 10.6. The molecule has 9 nitrogen and oxygen atoms in total. The molecule has 34 heavy (non-hydrogen) atoms. The second-order valence-corrected chi connectivity index (χ2v) is 7.54. The van der Waals surface area contributed by atoms with Crippen LogP contribution in [-0.2, 0) is 9.59 Å². The first kappa shape index (κ1) is 22.9.